The summed E-state index contributed by atoms with van der Waals surface area (Å²) in [4.78, 5) is 0. The molecule has 0 aliphatic heterocycles. The molecule has 0 amide bonds. The van der Waals surface area contributed by atoms with Crippen LogP contribution in [-0.2, 0) is 9.47 Å². The number of ether oxygens (including phenoxy) is 2. The number of aliphatic hydroxyl groups excluding tert-OH is 2. The molecule has 4 nitrogen and oxygen atoms in total. The van der Waals surface area contributed by atoms with Crippen molar-refractivity contribution in [3.8, 4) is 0 Å². The maximum Gasteiger partial charge on any atom is 0.146 e. The van der Waals surface area contributed by atoms with E-state index in [0.717, 1.165) is 0 Å². The molecule has 0 aromatic rings. The summed E-state index contributed by atoms with van der Waals surface area (Å²) in [6, 6.07) is 0. The summed E-state index contributed by atoms with van der Waals surface area (Å²) in [6.45, 7) is 0.101. The van der Waals surface area contributed by atoms with Gasteiger partial charge in [0.1, 0.15) is 6.79 Å². The van der Waals surface area contributed by atoms with Crippen LogP contribution in [0.1, 0.15) is 6.42 Å². The quantitative estimate of drug-likeness (QED) is 0.494. The number of aliphatic hydroxyl groups is 2. The first kappa shape index (κ1) is 9.84. The first-order valence-electron chi connectivity index (χ1n) is 3.17. The van der Waals surface area contributed by atoms with Crippen LogP contribution in [0.25, 0.3) is 0 Å². The molecule has 0 fully saturated rings. The second-order valence-corrected chi connectivity index (χ2v) is 1.89. The van der Waals surface area contributed by atoms with Gasteiger partial charge in [0.15, 0.2) is 0 Å². The van der Waals surface area contributed by atoms with Gasteiger partial charge in [0.25, 0.3) is 0 Å². The lowest BCUT2D eigenvalue weighted by molar-refractivity contribution is -0.0925. The fraction of sp³-hybridized carbons (Fsp3) is 1.00. The highest BCUT2D eigenvalue weighted by Crippen LogP contribution is 1.95. The molecule has 0 saturated heterocycles. The van der Waals surface area contributed by atoms with Gasteiger partial charge in [-0.25, -0.2) is 0 Å². The topological polar surface area (TPSA) is 58.9 Å². The molecule has 0 aromatic carbocycles. The molecule has 0 bridgehead atoms. The molecule has 0 unspecified atom stereocenters. The molecule has 62 valence electrons. The second kappa shape index (κ2) is 6.95. The average molecular weight is 150 g/mol. The first-order chi connectivity index (χ1) is 4.85. The molecule has 0 aromatic heterocycles. The Morgan fingerprint density at radius 2 is 2.10 bits per heavy atom. The van der Waals surface area contributed by atoms with Crippen molar-refractivity contribution in [1.29, 1.82) is 0 Å². The summed E-state index contributed by atoms with van der Waals surface area (Å²) in [7, 11) is 1.51. The van der Waals surface area contributed by atoms with Gasteiger partial charge in [-0.3, -0.25) is 0 Å². The van der Waals surface area contributed by atoms with Crippen molar-refractivity contribution in [2.75, 3.05) is 27.1 Å². The fourth-order valence-corrected chi connectivity index (χ4v) is 0.536. The van der Waals surface area contributed by atoms with Gasteiger partial charge in [0.2, 0.25) is 0 Å². The zero-order valence-corrected chi connectivity index (χ0v) is 6.12. The van der Waals surface area contributed by atoms with Crippen molar-refractivity contribution in [2.45, 2.75) is 12.5 Å². The molecule has 10 heavy (non-hydrogen) atoms. The van der Waals surface area contributed by atoms with Gasteiger partial charge in [-0.1, -0.05) is 0 Å². The highest BCUT2D eigenvalue weighted by atomic mass is 16.7. The van der Waals surface area contributed by atoms with E-state index in [4.69, 9.17) is 14.9 Å². The van der Waals surface area contributed by atoms with Gasteiger partial charge < -0.3 is 19.7 Å². The molecule has 0 heterocycles. The van der Waals surface area contributed by atoms with Crippen molar-refractivity contribution >= 4 is 0 Å². The van der Waals surface area contributed by atoms with Gasteiger partial charge in [0, 0.05) is 13.7 Å². The third-order valence-electron chi connectivity index (χ3n) is 1.08. The molecule has 0 spiro atoms. The Morgan fingerprint density at radius 1 is 1.40 bits per heavy atom. The van der Waals surface area contributed by atoms with Crippen LogP contribution in [-0.4, -0.2) is 43.4 Å². The molecule has 0 saturated carbocycles. The van der Waals surface area contributed by atoms with Gasteiger partial charge in [-0.05, 0) is 6.42 Å². The lowest BCUT2D eigenvalue weighted by Gasteiger charge is -2.12. The van der Waals surface area contributed by atoms with Crippen LogP contribution in [0.5, 0.6) is 0 Å². The normalized spacial score (nSPS) is 13.5. The Morgan fingerprint density at radius 3 is 2.50 bits per heavy atom. The van der Waals surface area contributed by atoms with E-state index in [1.807, 2.05) is 0 Å². The lowest BCUT2D eigenvalue weighted by atomic mass is 10.3. The largest absolute Gasteiger partial charge is 0.396 e. The second-order valence-electron chi connectivity index (χ2n) is 1.89. The Balaban J connectivity index is 3.21. The Labute approximate surface area is 60.4 Å². The molecule has 0 aliphatic rings. The molecular formula is C6H14O4. The van der Waals surface area contributed by atoms with Crippen molar-refractivity contribution in [3.63, 3.8) is 0 Å². The third-order valence-corrected chi connectivity index (χ3v) is 1.08. The molecule has 1 atom stereocenters. The number of hydrogen-bond acceptors (Lipinski definition) is 4. The van der Waals surface area contributed by atoms with E-state index in [9.17, 15) is 0 Å². The Kier molecular flexibility index (Phi) is 6.84. The molecular weight excluding hydrogens is 136 g/mol. The minimum absolute atomic E-state index is 0.0228. The van der Waals surface area contributed by atoms with E-state index < -0.39 is 0 Å². The summed E-state index contributed by atoms with van der Waals surface area (Å²) in [5.41, 5.74) is 0. The standard InChI is InChI=1S/C6H14O4/c1-9-5-10-6(4-8)2-3-7/h6-8H,2-5H2,1H3/t6-/m1/s1. The minimum atomic E-state index is -0.301. The van der Waals surface area contributed by atoms with Crippen LogP contribution >= 0.6 is 0 Å². The Bertz CT molecular complexity index is 66.8. The Hall–Kier alpha value is -0.160. The smallest absolute Gasteiger partial charge is 0.146 e. The monoisotopic (exact) mass is 150 g/mol. The fourth-order valence-electron chi connectivity index (χ4n) is 0.536. The van der Waals surface area contributed by atoms with Crippen LogP contribution in [0.3, 0.4) is 0 Å². The van der Waals surface area contributed by atoms with E-state index in [1.54, 1.807) is 0 Å². The third kappa shape index (κ3) is 4.69. The predicted octanol–water partition coefficient (Wildman–Crippen LogP) is -0.650. The maximum atomic E-state index is 8.59. The van der Waals surface area contributed by atoms with Crippen molar-refractivity contribution < 1.29 is 19.7 Å². The van der Waals surface area contributed by atoms with E-state index in [0.29, 0.717) is 6.42 Å². The van der Waals surface area contributed by atoms with Gasteiger partial charge in [-0.2, -0.15) is 0 Å². The summed E-state index contributed by atoms with van der Waals surface area (Å²) < 4.78 is 9.55. The molecule has 0 rings (SSSR count). The minimum Gasteiger partial charge on any atom is -0.396 e. The highest BCUT2D eigenvalue weighted by Gasteiger charge is 2.04. The van der Waals surface area contributed by atoms with Gasteiger partial charge >= 0.3 is 0 Å². The number of methoxy groups -OCH3 is 1. The number of rotatable bonds is 6. The SMILES string of the molecule is COCO[C@@H](CO)CCO. The summed E-state index contributed by atoms with van der Waals surface area (Å²) in [6.07, 6.45) is 0.143. The van der Waals surface area contributed by atoms with Crippen molar-refractivity contribution in [2.24, 2.45) is 0 Å². The molecule has 0 aliphatic carbocycles. The van der Waals surface area contributed by atoms with Gasteiger partial charge in [0.05, 0.1) is 12.7 Å². The average Bonchev–Trinajstić information content (AvgIpc) is 1.98. The van der Waals surface area contributed by atoms with E-state index in [-0.39, 0.29) is 26.1 Å². The molecule has 0 radical (unpaired) electrons. The van der Waals surface area contributed by atoms with E-state index >= 15 is 0 Å². The van der Waals surface area contributed by atoms with Gasteiger partial charge in [-0.15, -0.1) is 0 Å². The zero-order chi connectivity index (χ0) is 7.82. The zero-order valence-electron chi connectivity index (χ0n) is 6.12. The summed E-state index contributed by atoms with van der Waals surface area (Å²) >= 11 is 0. The molecule has 2 N–H and O–H groups in total. The molecule has 4 heteroatoms. The summed E-state index contributed by atoms with van der Waals surface area (Å²) in [5, 5.41) is 17.0. The van der Waals surface area contributed by atoms with Crippen LogP contribution in [0.15, 0.2) is 0 Å². The lowest BCUT2D eigenvalue weighted by Crippen LogP contribution is -2.20. The van der Waals surface area contributed by atoms with Crippen molar-refractivity contribution in [1.82, 2.24) is 0 Å². The summed E-state index contributed by atoms with van der Waals surface area (Å²) in [5.74, 6) is 0. The number of hydrogen-bond donors (Lipinski definition) is 2. The maximum absolute atomic E-state index is 8.59. The van der Waals surface area contributed by atoms with E-state index in [2.05, 4.69) is 4.74 Å². The predicted molar refractivity (Wildman–Crippen MR) is 35.5 cm³/mol. The van der Waals surface area contributed by atoms with E-state index in [1.165, 1.54) is 7.11 Å². The van der Waals surface area contributed by atoms with Crippen LogP contribution in [0, 0.1) is 0 Å². The highest BCUT2D eigenvalue weighted by molar-refractivity contribution is 4.52. The van der Waals surface area contributed by atoms with Crippen molar-refractivity contribution in [3.05, 3.63) is 0 Å². The van der Waals surface area contributed by atoms with Crippen LogP contribution in [0.4, 0.5) is 0 Å². The van der Waals surface area contributed by atoms with Crippen LogP contribution < -0.4 is 0 Å². The van der Waals surface area contributed by atoms with Crippen LogP contribution in [0.2, 0.25) is 0 Å². The first-order valence-corrected chi connectivity index (χ1v) is 3.17.